The van der Waals surface area contributed by atoms with Crippen molar-refractivity contribution in [3.63, 3.8) is 0 Å². The molecule has 0 N–H and O–H groups in total. The van der Waals surface area contributed by atoms with Crippen molar-refractivity contribution in [2.24, 2.45) is 0 Å². The third kappa shape index (κ3) is 8.42. The van der Waals surface area contributed by atoms with Gasteiger partial charge in [0.1, 0.15) is 12.4 Å². The Morgan fingerprint density at radius 2 is 1.35 bits per heavy atom. The first-order valence-corrected chi connectivity index (χ1v) is 12.5. The summed E-state index contributed by atoms with van der Waals surface area (Å²) in [5, 5.41) is 0. The molecule has 0 atom stereocenters. The van der Waals surface area contributed by atoms with E-state index in [4.69, 9.17) is 14.2 Å². The molecule has 0 aliphatic carbocycles. The van der Waals surface area contributed by atoms with Gasteiger partial charge < -0.3 is 19.1 Å². The minimum Gasteiger partial charge on any atom is -0.493 e. The molecule has 0 saturated carbocycles. The molecule has 34 heavy (non-hydrogen) atoms. The second kappa shape index (κ2) is 14.3. The molecule has 0 spiro atoms. The van der Waals surface area contributed by atoms with Gasteiger partial charge in [-0.3, -0.25) is 0 Å². The van der Waals surface area contributed by atoms with Crippen LogP contribution in [-0.4, -0.2) is 38.3 Å². The van der Waals surface area contributed by atoms with E-state index < -0.39 is 0 Å². The fourth-order valence-corrected chi connectivity index (χ4v) is 4.02. The van der Waals surface area contributed by atoms with Crippen LogP contribution in [0.2, 0.25) is 0 Å². The average Bonchev–Trinajstić information content (AvgIpc) is 2.88. The molecule has 4 heteroatoms. The van der Waals surface area contributed by atoms with E-state index in [1.807, 2.05) is 36.4 Å². The summed E-state index contributed by atoms with van der Waals surface area (Å²) in [6.07, 6.45) is 4.23. The number of ether oxygens (including phenoxy) is 3. The topological polar surface area (TPSA) is 30.9 Å². The van der Waals surface area contributed by atoms with E-state index in [-0.39, 0.29) is 0 Å². The molecular formula is C30H39NO3. The first kappa shape index (κ1) is 25.6. The molecule has 182 valence electrons. The van der Waals surface area contributed by atoms with E-state index in [1.165, 1.54) is 29.5 Å². The van der Waals surface area contributed by atoms with Gasteiger partial charge in [0.2, 0.25) is 0 Å². The highest BCUT2D eigenvalue weighted by molar-refractivity contribution is 5.43. The molecule has 3 aromatic rings. The zero-order valence-electron chi connectivity index (χ0n) is 21.0. The summed E-state index contributed by atoms with van der Waals surface area (Å²) in [7, 11) is 1.69. The smallest absolute Gasteiger partial charge is 0.161 e. The molecule has 0 unspecified atom stereocenters. The molecule has 0 fully saturated rings. The minimum atomic E-state index is 0.577. The fraction of sp³-hybridized carbons (Fsp3) is 0.400. The quantitative estimate of drug-likeness (QED) is 0.256. The zero-order valence-corrected chi connectivity index (χ0v) is 21.0. The summed E-state index contributed by atoms with van der Waals surface area (Å²) in [4.78, 5) is 2.54. The molecule has 3 rings (SSSR count). The minimum absolute atomic E-state index is 0.577. The maximum absolute atomic E-state index is 6.14. The maximum Gasteiger partial charge on any atom is 0.161 e. The van der Waals surface area contributed by atoms with E-state index in [1.54, 1.807) is 7.11 Å². The van der Waals surface area contributed by atoms with E-state index >= 15 is 0 Å². The van der Waals surface area contributed by atoms with E-state index in [0.717, 1.165) is 49.7 Å². The van der Waals surface area contributed by atoms with Crippen LogP contribution in [0.4, 0.5) is 0 Å². The molecule has 0 bridgehead atoms. The Hall–Kier alpha value is -2.98. The predicted molar refractivity (Wildman–Crippen MR) is 140 cm³/mol. The van der Waals surface area contributed by atoms with E-state index in [2.05, 4.69) is 55.1 Å². The van der Waals surface area contributed by atoms with Crippen molar-refractivity contribution in [3.8, 4) is 17.2 Å². The van der Waals surface area contributed by atoms with Gasteiger partial charge in [0.25, 0.3) is 0 Å². The SMILES string of the molecule is CCCN(CCC)CCc1ccc(OC)c(OCCc2ccc(OCc3ccccc3)cc2)c1. The first-order valence-electron chi connectivity index (χ1n) is 12.5. The van der Waals surface area contributed by atoms with Crippen LogP contribution in [0.25, 0.3) is 0 Å². The summed E-state index contributed by atoms with van der Waals surface area (Å²) >= 11 is 0. The molecule has 0 heterocycles. The average molecular weight is 462 g/mol. The second-order valence-electron chi connectivity index (χ2n) is 8.59. The van der Waals surface area contributed by atoms with Crippen molar-refractivity contribution in [3.05, 3.63) is 89.5 Å². The van der Waals surface area contributed by atoms with Gasteiger partial charge in [0.05, 0.1) is 13.7 Å². The van der Waals surface area contributed by atoms with Crippen LogP contribution in [0.1, 0.15) is 43.4 Å². The van der Waals surface area contributed by atoms with E-state index in [9.17, 15) is 0 Å². The number of rotatable bonds is 15. The van der Waals surface area contributed by atoms with Gasteiger partial charge in [0, 0.05) is 13.0 Å². The first-order chi connectivity index (χ1) is 16.7. The summed E-state index contributed by atoms with van der Waals surface area (Å²) in [5.74, 6) is 2.48. The Balaban J connectivity index is 1.49. The third-order valence-corrected chi connectivity index (χ3v) is 5.84. The Bertz CT molecular complexity index is 951. The Morgan fingerprint density at radius 1 is 0.647 bits per heavy atom. The predicted octanol–water partition coefficient (Wildman–Crippen LogP) is 6.56. The number of methoxy groups -OCH3 is 1. The van der Waals surface area contributed by atoms with Gasteiger partial charge in [-0.1, -0.05) is 62.4 Å². The lowest BCUT2D eigenvalue weighted by molar-refractivity contribution is 0.277. The lowest BCUT2D eigenvalue weighted by Gasteiger charge is -2.21. The summed E-state index contributed by atoms with van der Waals surface area (Å²) in [5.41, 5.74) is 3.67. The van der Waals surface area contributed by atoms with Gasteiger partial charge in [-0.25, -0.2) is 0 Å². The standard InChI is InChI=1S/C30H39NO3/c1-4-19-31(20-5-2)21-17-26-13-16-29(32-3)30(23-26)33-22-18-25-11-14-28(15-12-25)34-24-27-9-7-6-8-10-27/h6-16,23H,4-5,17-22,24H2,1-3H3. The van der Waals surface area contributed by atoms with Crippen molar-refractivity contribution < 1.29 is 14.2 Å². The molecule has 3 aromatic carbocycles. The highest BCUT2D eigenvalue weighted by Crippen LogP contribution is 2.28. The highest BCUT2D eigenvalue weighted by atomic mass is 16.5. The molecule has 4 nitrogen and oxygen atoms in total. The number of nitrogens with zero attached hydrogens (tertiary/aromatic N) is 1. The fourth-order valence-electron chi connectivity index (χ4n) is 4.02. The van der Waals surface area contributed by atoms with Crippen molar-refractivity contribution in [2.75, 3.05) is 33.4 Å². The van der Waals surface area contributed by atoms with Crippen molar-refractivity contribution >= 4 is 0 Å². The highest BCUT2D eigenvalue weighted by Gasteiger charge is 2.09. The summed E-state index contributed by atoms with van der Waals surface area (Å²) in [6, 6.07) is 24.8. The summed E-state index contributed by atoms with van der Waals surface area (Å²) < 4.78 is 17.6. The van der Waals surface area contributed by atoms with Gasteiger partial charge in [0.15, 0.2) is 11.5 Å². The van der Waals surface area contributed by atoms with Crippen LogP contribution >= 0.6 is 0 Å². The number of hydrogen-bond acceptors (Lipinski definition) is 4. The van der Waals surface area contributed by atoms with Crippen LogP contribution in [-0.2, 0) is 19.4 Å². The molecule has 0 amide bonds. The van der Waals surface area contributed by atoms with Gasteiger partial charge in [-0.15, -0.1) is 0 Å². The lowest BCUT2D eigenvalue weighted by Crippen LogP contribution is -2.27. The van der Waals surface area contributed by atoms with Crippen LogP contribution in [0, 0.1) is 0 Å². The Kier molecular flexibility index (Phi) is 10.8. The second-order valence-corrected chi connectivity index (χ2v) is 8.59. The van der Waals surface area contributed by atoms with Crippen molar-refractivity contribution in [1.82, 2.24) is 4.90 Å². The summed E-state index contributed by atoms with van der Waals surface area (Å²) in [6.45, 7) is 9.05. The monoisotopic (exact) mass is 461 g/mol. The largest absolute Gasteiger partial charge is 0.493 e. The van der Waals surface area contributed by atoms with Crippen LogP contribution < -0.4 is 14.2 Å². The maximum atomic E-state index is 6.14. The molecular weight excluding hydrogens is 422 g/mol. The van der Waals surface area contributed by atoms with Gasteiger partial charge in [-0.2, -0.15) is 0 Å². The van der Waals surface area contributed by atoms with Gasteiger partial charge in [-0.05, 0) is 73.3 Å². The molecule has 0 saturated heterocycles. The van der Waals surface area contributed by atoms with Gasteiger partial charge >= 0.3 is 0 Å². The molecule has 0 aliphatic heterocycles. The molecule has 0 radical (unpaired) electrons. The van der Waals surface area contributed by atoms with Crippen molar-refractivity contribution in [1.29, 1.82) is 0 Å². The molecule has 0 aromatic heterocycles. The molecule has 0 aliphatic rings. The lowest BCUT2D eigenvalue weighted by atomic mass is 10.1. The van der Waals surface area contributed by atoms with Crippen LogP contribution in [0.5, 0.6) is 17.2 Å². The zero-order chi connectivity index (χ0) is 24.0. The van der Waals surface area contributed by atoms with Crippen LogP contribution in [0.3, 0.4) is 0 Å². The number of benzene rings is 3. The Labute approximate surface area is 205 Å². The third-order valence-electron chi connectivity index (χ3n) is 5.84. The van der Waals surface area contributed by atoms with Crippen LogP contribution in [0.15, 0.2) is 72.8 Å². The number of hydrogen-bond donors (Lipinski definition) is 0. The Morgan fingerprint density at radius 3 is 2.03 bits per heavy atom. The van der Waals surface area contributed by atoms with E-state index in [0.29, 0.717) is 13.2 Å². The normalized spacial score (nSPS) is 10.9. The van der Waals surface area contributed by atoms with Crippen molar-refractivity contribution in [2.45, 2.75) is 46.1 Å².